The van der Waals surface area contributed by atoms with Crippen molar-refractivity contribution in [3.8, 4) is 17.1 Å². The first-order chi connectivity index (χ1) is 9.92. The van der Waals surface area contributed by atoms with E-state index in [1.54, 1.807) is 13.3 Å². The number of carbonyl (C=O) groups excluding carboxylic acids is 1. The van der Waals surface area contributed by atoms with Crippen LogP contribution < -0.4 is 10.1 Å². The third-order valence-electron chi connectivity index (χ3n) is 3.27. The Morgan fingerprint density at radius 1 is 1.24 bits per heavy atom. The van der Waals surface area contributed by atoms with Gasteiger partial charge in [0.2, 0.25) is 11.8 Å². The molecule has 0 atom stereocenters. The van der Waals surface area contributed by atoms with E-state index in [4.69, 9.17) is 4.74 Å². The fraction of sp³-hybridized carbons (Fsp3) is 0.312. The Morgan fingerprint density at radius 3 is 2.57 bits per heavy atom. The number of carbonyl (C=O) groups is 1. The number of hydrogen-bond donors (Lipinski definition) is 1. The van der Waals surface area contributed by atoms with Gasteiger partial charge >= 0.3 is 0 Å². The number of aromatic nitrogens is 2. The van der Waals surface area contributed by atoms with Gasteiger partial charge in [-0.3, -0.25) is 4.79 Å². The molecule has 1 amide bonds. The molecule has 2 rings (SSSR count). The zero-order valence-corrected chi connectivity index (χ0v) is 12.9. The van der Waals surface area contributed by atoms with E-state index in [9.17, 15) is 4.79 Å². The molecule has 0 saturated carbocycles. The first kappa shape index (κ1) is 15.0. The van der Waals surface area contributed by atoms with Gasteiger partial charge in [0.1, 0.15) is 5.82 Å². The first-order valence-electron chi connectivity index (χ1n) is 6.69. The average molecular weight is 285 g/mol. The Morgan fingerprint density at radius 2 is 1.95 bits per heavy atom. The van der Waals surface area contributed by atoms with Crippen LogP contribution >= 0.6 is 0 Å². The van der Waals surface area contributed by atoms with Crippen molar-refractivity contribution in [1.82, 2.24) is 9.97 Å². The maximum Gasteiger partial charge on any atom is 0.222 e. The number of hydrogen-bond acceptors (Lipinski definition) is 4. The van der Waals surface area contributed by atoms with Crippen LogP contribution in [0.15, 0.2) is 18.3 Å². The molecule has 0 unspecified atom stereocenters. The van der Waals surface area contributed by atoms with Gasteiger partial charge in [-0.1, -0.05) is 0 Å². The van der Waals surface area contributed by atoms with E-state index in [-0.39, 0.29) is 5.91 Å². The number of ether oxygens (including phenoxy) is 1. The van der Waals surface area contributed by atoms with Gasteiger partial charge < -0.3 is 10.1 Å². The number of methoxy groups -OCH3 is 1. The zero-order valence-electron chi connectivity index (χ0n) is 12.9. The van der Waals surface area contributed by atoms with Crippen molar-refractivity contribution >= 4 is 11.7 Å². The van der Waals surface area contributed by atoms with Gasteiger partial charge in [0.25, 0.3) is 0 Å². The highest BCUT2D eigenvalue weighted by molar-refractivity contribution is 5.88. The smallest absolute Gasteiger partial charge is 0.222 e. The summed E-state index contributed by atoms with van der Waals surface area (Å²) in [6.07, 6.45) is 1.75. The lowest BCUT2D eigenvalue weighted by molar-refractivity contribution is -0.114. The molecule has 0 spiro atoms. The van der Waals surface area contributed by atoms with Crippen LogP contribution in [0, 0.1) is 20.8 Å². The second-order valence-corrected chi connectivity index (χ2v) is 5.05. The molecule has 2 aromatic rings. The van der Waals surface area contributed by atoms with Crippen LogP contribution in [0.25, 0.3) is 11.3 Å². The summed E-state index contributed by atoms with van der Waals surface area (Å²) in [5, 5.41) is 2.72. The summed E-state index contributed by atoms with van der Waals surface area (Å²) < 4.78 is 5.33. The molecule has 2 aromatic heterocycles. The monoisotopic (exact) mass is 285 g/mol. The van der Waals surface area contributed by atoms with E-state index in [0.29, 0.717) is 11.7 Å². The Balaban J connectivity index is 2.65. The second kappa shape index (κ2) is 5.91. The first-order valence-corrected chi connectivity index (χ1v) is 6.69. The number of pyridine rings is 2. The van der Waals surface area contributed by atoms with E-state index < -0.39 is 0 Å². The van der Waals surface area contributed by atoms with Crippen LogP contribution in [0.2, 0.25) is 0 Å². The van der Waals surface area contributed by atoms with Crippen molar-refractivity contribution in [2.75, 3.05) is 12.4 Å². The number of nitrogens with one attached hydrogen (secondary N) is 1. The minimum absolute atomic E-state index is 0.147. The van der Waals surface area contributed by atoms with Crippen LogP contribution in [0.1, 0.15) is 23.6 Å². The Hall–Kier alpha value is -2.43. The lowest BCUT2D eigenvalue weighted by Gasteiger charge is -2.14. The fourth-order valence-electron chi connectivity index (χ4n) is 2.13. The predicted octanol–water partition coefficient (Wildman–Crippen LogP) is 3.04. The second-order valence-electron chi connectivity index (χ2n) is 5.05. The Labute approximate surface area is 124 Å². The van der Waals surface area contributed by atoms with E-state index in [0.717, 1.165) is 27.9 Å². The van der Waals surface area contributed by atoms with Gasteiger partial charge in [-0.05, 0) is 49.6 Å². The standard InChI is InChI=1S/C16H19N3O2/c1-9-6-13(16(21-5)17-8-9)15-11(3)10(2)7-14(19-15)18-12(4)20/h6-8H,1-5H3,(H,18,19,20). The zero-order chi connectivity index (χ0) is 15.6. The van der Waals surface area contributed by atoms with Gasteiger partial charge in [0.15, 0.2) is 0 Å². The molecule has 0 aliphatic carbocycles. The molecule has 0 aliphatic rings. The SMILES string of the molecule is COc1ncc(C)cc1-c1nc(NC(C)=O)cc(C)c1C. The van der Waals surface area contributed by atoms with Gasteiger partial charge in [0.05, 0.1) is 18.4 Å². The number of amides is 1. The van der Waals surface area contributed by atoms with Crippen LogP contribution in [0.3, 0.4) is 0 Å². The molecule has 0 saturated heterocycles. The van der Waals surface area contributed by atoms with Gasteiger partial charge in [-0.25, -0.2) is 9.97 Å². The maximum absolute atomic E-state index is 11.2. The third kappa shape index (κ3) is 3.18. The highest BCUT2D eigenvalue weighted by Gasteiger charge is 2.15. The average Bonchev–Trinajstić information content (AvgIpc) is 2.42. The summed E-state index contributed by atoms with van der Waals surface area (Å²) in [4.78, 5) is 20.1. The summed E-state index contributed by atoms with van der Waals surface area (Å²) in [5.41, 5.74) is 4.70. The van der Waals surface area contributed by atoms with Crippen molar-refractivity contribution in [1.29, 1.82) is 0 Å². The van der Waals surface area contributed by atoms with E-state index in [1.165, 1.54) is 6.92 Å². The molecule has 0 fully saturated rings. The number of aryl methyl sites for hydroxylation is 2. The number of anilines is 1. The lowest BCUT2D eigenvalue weighted by Crippen LogP contribution is -2.09. The summed E-state index contributed by atoms with van der Waals surface area (Å²) in [6.45, 7) is 7.42. The normalized spacial score (nSPS) is 10.3. The maximum atomic E-state index is 11.2. The molecule has 5 heteroatoms. The molecular weight excluding hydrogens is 266 g/mol. The predicted molar refractivity (Wildman–Crippen MR) is 82.5 cm³/mol. The van der Waals surface area contributed by atoms with Crippen molar-refractivity contribution in [2.24, 2.45) is 0 Å². The molecule has 1 N–H and O–H groups in total. The highest BCUT2D eigenvalue weighted by atomic mass is 16.5. The Kier molecular flexibility index (Phi) is 4.21. The molecule has 110 valence electrons. The summed E-state index contributed by atoms with van der Waals surface area (Å²) in [7, 11) is 1.58. The minimum atomic E-state index is -0.147. The quantitative estimate of drug-likeness (QED) is 0.941. The summed E-state index contributed by atoms with van der Waals surface area (Å²) in [5.74, 6) is 0.908. The Bertz CT molecular complexity index is 696. The molecule has 0 aliphatic heterocycles. The van der Waals surface area contributed by atoms with Gasteiger partial charge in [-0.2, -0.15) is 0 Å². The lowest BCUT2D eigenvalue weighted by atomic mass is 10.0. The molecule has 0 bridgehead atoms. The topological polar surface area (TPSA) is 64.1 Å². The summed E-state index contributed by atoms with van der Waals surface area (Å²) in [6, 6.07) is 3.84. The van der Waals surface area contributed by atoms with Crippen molar-refractivity contribution in [2.45, 2.75) is 27.7 Å². The highest BCUT2D eigenvalue weighted by Crippen LogP contribution is 2.32. The minimum Gasteiger partial charge on any atom is -0.481 e. The molecule has 0 aromatic carbocycles. The van der Waals surface area contributed by atoms with Crippen LogP contribution in [-0.4, -0.2) is 23.0 Å². The molecule has 2 heterocycles. The van der Waals surface area contributed by atoms with Crippen molar-refractivity contribution in [3.05, 3.63) is 35.0 Å². The van der Waals surface area contributed by atoms with E-state index in [1.807, 2.05) is 32.9 Å². The largest absolute Gasteiger partial charge is 0.481 e. The van der Waals surface area contributed by atoms with Crippen molar-refractivity contribution in [3.63, 3.8) is 0 Å². The summed E-state index contributed by atoms with van der Waals surface area (Å²) >= 11 is 0. The molecule has 5 nitrogen and oxygen atoms in total. The molecule has 21 heavy (non-hydrogen) atoms. The van der Waals surface area contributed by atoms with Gasteiger partial charge in [-0.15, -0.1) is 0 Å². The van der Waals surface area contributed by atoms with E-state index in [2.05, 4.69) is 15.3 Å². The molecular formula is C16H19N3O2. The van der Waals surface area contributed by atoms with Crippen molar-refractivity contribution < 1.29 is 9.53 Å². The van der Waals surface area contributed by atoms with Crippen LogP contribution in [0.5, 0.6) is 5.88 Å². The van der Waals surface area contributed by atoms with Crippen LogP contribution in [0.4, 0.5) is 5.82 Å². The third-order valence-corrected chi connectivity index (χ3v) is 3.27. The molecule has 0 radical (unpaired) electrons. The van der Waals surface area contributed by atoms with E-state index >= 15 is 0 Å². The van der Waals surface area contributed by atoms with Crippen LogP contribution in [-0.2, 0) is 4.79 Å². The number of rotatable bonds is 3. The van der Waals surface area contributed by atoms with Gasteiger partial charge in [0, 0.05) is 13.1 Å². The fourth-order valence-corrected chi connectivity index (χ4v) is 2.13. The number of nitrogens with zero attached hydrogens (tertiary/aromatic N) is 2.